The Morgan fingerprint density at radius 2 is 1.86 bits per heavy atom. The molecule has 126 valence electrons. The van der Waals surface area contributed by atoms with Crippen LogP contribution in [0.3, 0.4) is 0 Å². The zero-order chi connectivity index (χ0) is 16.5. The molecule has 2 amide bonds. The van der Waals surface area contributed by atoms with Crippen LogP contribution in [0.25, 0.3) is 0 Å². The maximum atomic E-state index is 12.1. The van der Waals surface area contributed by atoms with Gasteiger partial charge in [0.15, 0.2) is 0 Å². The van der Waals surface area contributed by atoms with E-state index in [1.165, 1.54) is 24.2 Å². The number of carboxylic acid groups (broad SMARTS) is 1. The van der Waals surface area contributed by atoms with E-state index < -0.39 is 5.97 Å². The zero-order valence-corrected chi connectivity index (χ0v) is 13.6. The summed E-state index contributed by atoms with van der Waals surface area (Å²) in [7, 11) is 0. The summed E-state index contributed by atoms with van der Waals surface area (Å²) in [5.74, 6) is -1.07. The fraction of sp³-hybridized carbons (Fsp3) is 0.812. The first-order valence-corrected chi connectivity index (χ1v) is 8.22. The SMILES string of the molecule is CCC(C)N(CC(=O)O)C(=O)CNC(=O)CC1CCCCC1. The van der Waals surface area contributed by atoms with Crippen molar-refractivity contribution in [1.82, 2.24) is 10.2 Å². The van der Waals surface area contributed by atoms with E-state index in [0.717, 1.165) is 12.8 Å². The molecule has 1 atom stereocenters. The van der Waals surface area contributed by atoms with Crippen LogP contribution in [0.2, 0.25) is 0 Å². The van der Waals surface area contributed by atoms with E-state index >= 15 is 0 Å². The molecular formula is C16H28N2O4. The van der Waals surface area contributed by atoms with Crippen molar-refractivity contribution in [2.45, 2.75) is 64.8 Å². The summed E-state index contributed by atoms with van der Waals surface area (Å²) in [6, 6.07) is -0.154. The summed E-state index contributed by atoms with van der Waals surface area (Å²) in [4.78, 5) is 36.2. The van der Waals surface area contributed by atoms with Crippen LogP contribution in [0.15, 0.2) is 0 Å². The number of rotatable bonds is 8. The lowest BCUT2D eigenvalue weighted by molar-refractivity contribution is -0.145. The van der Waals surface area contributed by atoms with Crippen LogP contribution in [0.4, 0.5) is 0 Å². The van der Waals surface area contributed by atoms with Crippen LogP contribution in [0.5, 0.6) is 0 Å². The van der Waals surface area contributed by atoms with Gasteiger partial charge in [-0.05, 0) is 32.1 Å². The first kappa shape index (κ1) is 18.5. The first-order chi connectivity index (χ1) is 10.4. The van der Waals surface area contributed by atoms with Gasteiger partial charge in [0.1, 0.15) is 6.54 Å². The molecule has 0 radical (unpaired) electrons. The predicted molar refractivity (Wildman–Crippen MR) is 83.3 cm³/mol. The molecule has 0 aromatic carbocycles. The van der Waals surface area contributed by atoms with Crippen molar-refractivity contribution < 1.29 is 19.5 Å². The minimum Gasteiger partial charge on any atom is -0.480 e. The van der Waals surface area contributed by atoms with Gasteiger partial charge in [-0.3, -0.25) is 14.4 Å². The molecule has 6 nitrogen and oxygen atoms in total. The fourth-order valence-corrected chi connectivity index (χ4v) is 2.86. The number of hydrogen-bond acceptors (Lipinski definition) is 3. The Hall–Kier alpha value is -1.59. The third kappa shape index (κ3) is 6.45. The maximum absolute atomic E-state index is 12.1. The van der Waals surface area contributed by atoms with Gasteiger partial charge in [-0.1, -0.05) is 26.2 Å². The molecule has 0 bridgehead atoms. The van der Waals surface area contributed by atoms with Gasteiger partial charge in [-0.15, -0.1) is 0 Å². The highest BCUT2D eigenvalue weighted by atomic mass is 16.4. The quantitative estimate of drug-likeness (QED) is 0.715. The molecule has 0 aliphatic heterocycles. The van der Waals surface area contributed by atoms with Crippen molar-refractivity contribution in [3.05, 3.63) is 0 Å². The lowest BCUT2D eigenvalue weighted by atomic mass is 9.87. The van der Waals surface area contributed by atoms with Crippen LogP contribution < -0.4 is 5.32 Å². The number of amides is 2. The van der Waals surface area contributed by atoms with Gasteiger partial charge in [-0.25, -0.2) is 0 Å². The minimum atomic E-state index is -1.04. The molecular weight excluding hydrogens is 284 g/mol. The number of nitrogens with one attached hydrogen (secondary N) is 1. The number of carbonyl (C=O) groups is 3. The van der Waals surface area contributed by atoms with E-state index in [4.69, 9.17) is 5.11 Å². The normalized spacial score (nSPS) is 16.8. The van der Waals surface area contributed by atoms with Gasteiger partial charge in [0.2, 0.25) is 11.8 Å². The van der Waals surface area contributed by atoms with E-state index in [9.17, 15) is 14.4 Å². The van der Waals surface area contributed by atoms with Crippen molar-refractivity contribution in [2.75, 3.05) is 13.1 Å². The van der Waals surface area contributed by atoms with E-state index in [0.29, 0.717) is 18.8 Å². The Morgan fingerprint density at radius 3 is 2.41 bits per heavy atom. The van der Waals surface area contributed by atoms with Gasteiger partial charge in [0.25, 0.3) is 0 Å². The molecule has 0 heterocycles. The Kier molecular flexibility index (Phi) is 7.91. The molecule has 22 heavy (non-hydrogen) atoms. The summed E-state index contributed by atoms with van der Waals surface area (Å²) >= 11 is 0. The minimum absolute atomic E-state index is 0.111. The smallest absolute Gasteiger partial charge is 0.323 e. The maximum Gasteiger partial charge on any atom is 0.323 e. The summed E-state index contributed by atoms with van der Waals surface area (Å²) in [6.07, 6.45) is 6.91. The molecule has 1 aliphatic carbocycles. The van der Waals surface area contributed by atoms with Gasteiger partial charge in [0, 0.05) is 12.5 Å². The molecule has 0 aromatic rings. The lowest BCUT2D eigenvalue weighted by Crippen LogP contribution is -2.46. The summed E-state index contributed by atoms with van der Waals surface area (Å²) in [6.45, 7) is 3.26. The topological polar surface area (TPSA) is 86.7 Å². The van der Waals surface area contributed by atoms with E-state index in [1.807, 2.05) is 13.8 Å². The van der Waals surface area contributed by atoms with Crippen molar-refractivity contribution in [2.24, 2.45) is 5.92 Å². The van der Waals surface area contributed by atoms with Gasteiger partial charge in [0.05, 0.1) is 6.54 Å². The van der Waals surface area contributed by atoms with Gasteiger partial charge in [-0.2, -0.15) is 0 Å². The van der Waals surface area contributed by atoms with E-state index in [2.05, 4.69) is 5.32 Å². The van der Waals surface area contributed by atoms with Crippen LogP contribution >= 0.6 is 0 Å². The monoisotopic (exact) mass is 312 g/mol. The first-order valence-electron chi connectivity index (χ1n) is 8.22. The summed E-state index contributed by atoms with van der Waals surface area (Å²) in [5.41, 5.74) is 0. The fourth-order valence-electron chi connectivity index (χ4n) is 2.86. The number of aliphatic carboxylic acids is 1. The molecule has 0 saturated heterocycles. The Morgan fingerprint density at radius 1 is 1.23 bits per heavy atom. The van der Waals surface area contributed by atoms with Gasteiger partial charge < -0.3 is 15.3 Å². The standard InChI is InChI=1S/C16H28N2O4/c1-3-12(2)18(11-16(21)22)15(20)10-17-14(19)9-13-7-5-4-6-8-13/h12-13H,3-11H2,1-2H3,(H,17,19)(H,21,22). The summed E-state index contributed by atoms with van der Waals surface area (Å²) in [5, 5.41) is 11.5. The van der Waals surface area contributed by atoms with Gasteiger partial charge >= 0.3 is 5.97 Å². The number of carbonyl (C=O) groups excluding carboxylic acids is 2. The second-order valence-electron chi connectivity index (χ2n) is 6.16. The second-order valence-corrected chi connectivity index (χ2v) is 6.16. The third-order valence-corrected chi connectivity index (χ3v) is 4.38. The average Bonchev–Trinajstić information content (AvgIpc) is 2.50. The zero-order valence-electron chi connectivity index (χ0n) is 13.6. The highest BCUT2D eigenvalue weighted by molar-refractivity contribution is 5.87. The molecule has 0 aromatic heterocycles. The Labute approximate surface area is 132 Å². The van der Waals surface area contributed by atoms with Crippen molar-refractivity contribution in [1.29, 1.82) is 0 Å². The van der Waals surface area contributed by atoms with Crippen LogP contribution in [-0.2, 0) is 14.4 Å². The Balaban J connectivity index is 2.40. The molecule has 2 N–H and O–H groups in total. The number of hydrogen-bond donors (Lipinski definition) is 2. The van der Waals surface area contributed by atoms with Crippen LogP contribution in [-0.4, -0.2) is 46.9 Å². The third-order valence-electron chi connectivity index (χ3n) is 4.38. The van der Waals surface area contributed by atoms with Crippen molar-refractivity contribution in [3.63, 3.8) is 0 Å². The number of carboxylic acids is 1. The molecule has 1 aliphatic rings. The van der Waals surface area contributed by atoms with Crippen molar-refractivity contribution in [3.8, 4) is 0 Å². The predicted octanol–water partition coefficient (Wildman–Crippen LogP) is 1.78. The molecule has 0 spiro atoms. The van der Waals surface area contributed by atoms with E-state index in [-0.39, 0.29) is 30.9 Å². The molecule has 1 fully saturated rings. The molecule has 1 unspecified atom stereocenters. The van der Waals surface area contributed by atoms with Crippen molar-refractivity contribution >= 4 is 17.8 Å². The summed E-state index contributed by atoms with van der Waals surface area (Å²) < 4.78 is 0. The molecule has 1 saturated carbocycles. The largest absolute Gasteiger partial charge is 0.480 e. The Bertz CT molecular complexity index is 392. The average molecular weight is 312 g/mol. The second kappa shape index (κ2) is 9.43. The van der Waals surface area contributed by atoms with Crippen LogP contribution in [0.1, 0.15) is 58.8 Å². The number of nitrogens with zero attached hydrogens (tertiary/aromatic N) is 1. The molecule has 6 heteroatoms. The molecule has 1 rings (SSSR count). The lowest BCUT2D eigenvalue weighted by Gasteiger charge is -2.27. The highest BCUT2D eigenvalue weighted by Crippen LogP contribution is 2.25. The highest BCUT2D eigenvalue weighted by Gasteiger charge is 2.22. The van der Waals surface area contributed by atoms with Crippen LogP contribution in [0, 0.1) is 5.92 Å². The van der Waals surface area contributed by atoms with E-state index in [1.54, 1.807) is 0 Å².